The Hall–Kier alpha value is -3.08. The van der Waals surface area contributed by atoms with Crippen LogP contribution in [0.2, 0.25) is 0 Å². The van der Waals surface area contributed by atoms with Gasteiger partial charge in [-0.2, -0.15) is 0 Å². The summed E-state index contributed by atoms with van der Waals surface area (Å²) in [5, 5.41) is 3.04. The van der Waals surface area contributed by atoms with Gasteiger partial charge in [-0.25, -0.2) is 9.78 Å². The molecule has 3 aromatic rings. The zero-order chi connectivity index (χ0) is 17.6. The molecule has 1 N–H and O–H groups in total. The first-order valence-electron chi connectivity index (χ1n) is 8.27. The van der Waals surface area contributed by atoms with Gasteiger partial charge in [-0.15, -0.1) is 0 Å². The summed E-state index contributed by atoms with van der Waals surface area (Å²) < 4.78 is 1.95. The van der Waals surface area contributed by atoms with Crippen LogP contribution in [0.15, 0.2) is 73.3 Å². The summed E-state index contributed by atoms with van der Waals surface area (Å²) in [6.07, 6.45) is 5.41. The molecule has 5 nitrogen and oxygen atoms in total. The third kappa shape index (κ3) is 4.26. The molecule has 0 saturated heterocycles. The monoisotopic (exact) mass is 334 g/mol. The first-order valence-corrected chi connectivity index (χ1v) is 8.27. The van der Waals surface area contributed by atoms with E-state index in [1.165, 1.54) is 0 Å². The third-order valence-electron chi connectivity index (χ3n) is 4.14. The van der Waals surface area contributed by atoms with Crippen molar-refractivity contribution in [2.24, 2.45) is 0 Å². The van der Waals surface area contributed by atoms with Crippen LogP contribution in [0.5, 0.6) is 0 Å². The Morgan fingerprint density at radius 1 is 1.16 bits per heavy atom. The van der Waals surface area contributed by atoms with Gasteiger partial charge in [0.05, 0.1) is 12.4 Å². The first kappa shape index (κ1) is 16.8. The molecule has 0 bridgehead atoms. The molecule has 5 heteroatoms. The second-order valence-electron chi connectivity index (χ2n) is 6.07. The number of amides is 2. The van der Waals surface area contributed by atoms with Gasteiger partial charge in [0, 0.05) is 31.7 Å². The summed E-state index contributed by atoms with van der Waals surface area (Å²) >= 11 is 0. The molecule has 1 atom stereocenters. The standard InChI is InChI=1S/C20H22N4O/c1-16(18-8-10-19(11-9-18)24-13-12-21-15-24)22-20(25)23(2)14-17-6-4-3-5-7-17/h3-13,15-16H,14H2,1-2H3,(H,22,25). The van der Waals surface area contributed by atoms with E-state index in [9.17, 15) is 4.79 Å². The lowest BCUT2D eigenvalue weighted by Crippen LogP contribution is -2.38. The molecule has 3 rings (SSSR count). The topological polar surface area (TPSA) is 50.2 Å². The van der Waals surface area contributed by atoms with Crippen molar-refractivity contribution in [3.8, 4) is 5.69 Å². The number of hydrogen-bond acceptors (Lipinski definition) is 2. The van der Waals surface area contributed by atoms with Gasteiger partial charge in [-0.3, -0.25) is 0 Å². The predicted molar refractivity (Wildman–Crippen MR) is 98.4 cm³/mol. The van der Waals surface area contributed by atoms with Crippen LogP contribution < -0.4 is 5.32 Å². The van der Waals surface area contributed by atoms with Crippen molar-refractivity contribution in [1.82, 2.24) is 19.8 Å². The second-order valence-corrected chi connectivity index (χ2v) is 6.07. The van der Waals surface area contributed by atoms with E-state index >= 15 is 0 Å². The zero-order valence-electron chi connectivity index (χ0n) is 14.5. The Morgan fingerprint density at radius 3 is 2.52 bits per heavy atom. The zero-order valence-corrected chi connectivity index (χ0v) is 14.5. The number of imidazole rings is 1. The van der Waals surface area contributed by atoms with Gasteiger partial charge in [0.25, 0.3) is 0 Å². The van der Waals surface area contributed by atoms with Crippen LogP contribution in [-0.4, -0.2) is 27.5 Å². The summed E-state index contributed by atoms with van der Waals surface area (Å²) in [4.78, 5) is 18.1. The molecule has 0 aliphatic carbocycles. The van der Waals surface area contributed by atoms with Gasteiger partial charge < -0.3 is 14.8 Å². The fourth-order valence-electron chi connectivity index (χ4n) is 2.65. The highest BCUT2D eigenvalue weighted by atomic mass is 16.2. The minimum Gasteiger partial charge on any atom is -0.331 e. The Morgan fingerprint density at radius 2 is 1.88 bits per heavy atom. The molecule has 1 aromatic heterocycles. The summed E-state index contributed by atoms with van der Waals surface area (Å²) in [5.41, 5.74) is 3.21. The third-order valence-corrected chi connectivity index (χ3v) is 4.14. The van der Waals surface area contributed by atoms with Crippen LogP contribution >= 0.6 is 0 Å². The van der Waals surface area contributed by atoms with Crippen molar-refractivity contribution < 1.29 is 4.79 Å². The minimum absolute atomic E-state index is 0.0671. The van der Waals surface area contributed by atoms with Gasteiger partial charge in [0.1, 0.15) is 0 Å². The number of urea groups is 1. The smallest absolute Gasteiger partial charge is 0.317 e. The van der Waals surface area contributed by atoms with Crippen LogP contribution in [0, 0.1) is 0 Å². The first-order chi connectivity index (χ1) is 12.1. The van der Waals surface area contributed by atoms with Crippen molar-refractivity contribution in [2.75, 3.05) is 7.05 Å². The van der Waals surface area contributed by atoms with E-state index in [0.29, 0.717) is 6.54 Å². The van der Waals surface area contributed by atoms with Crippen molar-refractivity contribution in [3.63, 3.8) is 0 Å². The van der Waals surface area contributed by atoms with E-state index in [1.54, 1.807) is 24.5 Å². The molecule has 128 valence electrons. The average molecular weight is 334 g/mol. The maximum Gasteiger partial charge on any atom is 0.317 e. The number of benzene rings is 2. The molecular weight excluding hydrogens is 312 g/mol. The molecule has 0 radical (unpaired) electrons. The fraction of sp³-hybridized carbons (Fsp3) is 0.200. The molecule has 0 aliphatic rings. The summed E-state index contributed by atoms with van der Waals surface area (Å²) in [6, 6.07) is 17.9. The Balaban J connectivity index is 1.59. The normalized spacial score (nSPS) is 11.8. The van der Waals surface area contributed by atoms with Crippen molar-refractivity contribution in [1.29, 1.82) is 0 Å². The van der Waals surface area contributed by atoms with Crippen molar-refractivity contribution in [3.05, 3.63) is 84.4 Å². The second kappa shape index (κ2) is 7.66. The van der Waals surface area contributed by atoms with Crippen LogP contribution in [0.3, 0.4) is 0 Å². The maximum absolute atomic E-state index is 12.4. The predicted octanol–water partition coefficient (Wildman–Crippen LogP) is 3.77. The van der Waals surface area contributed by atoms with Crippen LogP contribution in [0.4, 0.5) is 4.79 Å². The van der Waals surface area contributed by atoms with E-state index in [2.05, 4.69) is 10.3 Å². The fourth-order valence-corrected chi connectivity index (χ4v) is 2.65. The van der Waals surface area contributed by atoms with Gasteiger partial charge in [0.2, 0.25) is 0 Å². The number of carbonyl (C=O) groups is 1. The molecule has 2 aromatic carbocycles. The lowest BCUT2D eigenvalue weighted by Gasteiger charge is -2.22. The van der Waals surface area contributed by atoms with E-state index in [-0.39, 0.29) is 12.1 Å². The highest BCUT2D eigenvalue weighted by Crippen LogP contribution is 2.16. The van der Waals surface area contributed by atoms with Gasteiger partial charge in [-0.05, 0) is 30.2 Å². The van der Waals surface area contributed by atoms with Gasteiger partial charge >= 0.3 is 6.03 Å². The van der Waals surface area contributed by atoms with E-state index in [1.807, 2.05) is 72.3 Å². The quantitative estimate of drug-likeness (QED) is 0.772. The van der Waals surface area contributed by atoms with Crippen LogP contribution in [0.25, 0.3) is 5.69 Å². The number of rotatable bonds is 5. The molecule has 1 unspecified atom stereocenters. The lowest BCUT2D eigenvalue weighted by atomic mass is 10.1. The highest BCUT2D eigenvalue weighted by Gasteiger charge is 2.13. The number of nitrogens with zero attached hydrogens (tertiary/aromatic N) is 3. The molecule has 0 saturated carbocycles. The molecule has 0 spiro atoms. The number of hydrogen-bond donors (Lipinski definition) is 1. The SMILES string of the molecule is CC(NC(=O)N(C)Cc1ccccc1)c1ccc(-n2ccnc2)cc1. The largest absolute Gasteiger partial charge is 0.331 e. The number of nitrogens with one attached hydrogen (secondary N) is 1. The Kier molecular flexibility index (Phi) is 5.14. The van der Waals surface area contributed by atoms with Crippen molar-refractivity contribution >= 4 is 6.03 Å². The highest BCUT2D eigenvalue weighted by molar-refractivity contribution is 5.74. The van der Waals surface area contributed by atoms with Gasteiger partial charge in [0.15, 0.2) is 0 Å². The molecule has 1 heterocycles. The summed E-state index contributed by atoms with van der Waals surface area (Å²) in [6.45, 7) is 2.57. The van der Waals surface area contributed by atoms with E-state index < -0.39 is 0 Å². The molecular formula is C20H22N4O. The molecule has 2 amide bonds. The summed E-state index contributed by atoms with van der Waals surface area (Å²) in [7, 11) is 1.80. The van der Waals surface area contributed by atoms with E-state index in [4.69, 9.17) is 0 Å². The summed E-state index contributed by atoms with van der Waals surface area (Å²) in [5.74, 6) is 0. The lowest BCUT2D eigenvalue weighted by molar-refractivity contribution is 0.203. The Labute approximate surface area is 147 Å². The maximum atomic E-state index is 12.4. The van der Waals surface area contributed by atoms with E-state index in [0.717, 1.165) is 16.8 Å². The Bertz CT molecular complexity index is 797. The van der Waals surface area contributed by atoms with Gasteiger partial charge in [-0.1, -0.05) is 42.5 Å². The minimum atomic E-state index is -0.0879. The molecule has 0 aliphatic heterocycles. The van der Waals surface area contributed by atoms with Crippen LogP contribution in [-0.2, 0) is 6.54 Å². The van der Waals surface area contributed by atoms with Crippen molar-refractivity contribution in [2.45, 2.75) is 19.5 Å². The number of aromatic nitrogens is 2. The number of carbonyl (C=O) groups excluding carboxylic acids is 1. The average Bonchev–Trinajstić information content (AvgIpc) is 3.17. The molecule has 0 fully saturated rings. The molecule has 25 heavy (non-hydrogen) atoms. The van der Waals surface area contributed by atoms with Crippen LogP contribution in [0.1, 0.15) is 24.1 Å².